The lowest BCUT2D eigenvalue weighted by atomic mass is 9.80. The van der Waals surface area contributed by atoms with Gasteiger partial charge in [0.25, 0.3) is 0 Å². The number of ether oxygens (including phenoxy) is 1. The summed E-state index contributed by atoms with van der Waals surface area (Å²) in [7, 11) is 0. The summed E-state index contributed by atoms with van der Waals surface area (Å²) in [5.41, 5.74) is 1.53. The Hall–Kier alpha value is -2.80. The van der Waals surface area contributed by atoms with Crippen LogP contribution in [0.15, 0.2) is 48.7 Å². The Bertz CT molecular complexity index is 784. The van der Waals surface area contributed by atoms with Gasteiger partial charge in [-0.3, -0.25) is 4.90 Å². The molecule has 2 aliphatic rings. The third-order valence-corrected chi connectivity index (χ3v) is 4.38. The van der Waals surface area contributed by atoms with Gasteiger partial charge in [0, 0.05) is 17.3 Å². The highest BCUT2D eigenvalue weighted by atomic mass is 16.6. The zero-order valence-corrected chi connectivity index (χ0v) is 12.7. The molecule has 0 atom stereocenters. The van der Waals surface area contributed by atoms with Gasteiger partial charge in [-0.05, 0) is 43.5 Å². The molecule has 4 heteroatoms. The third kappa shape index (κ3) is 2.98. The molecule has 1 aliphatic heterocycles. The quantitative estimate of drug-likeness (QED) is 0.746. The van der Waals surface area contributed by atoms with Gasteiger partial charge in [0.2, 0.25) is 0 Å². The van der Waals surface area contributed by atoms with Gasteiger partial charge < -0.3 is 4.74 Å². The van der Waals surface area contributed by atoms with E-state index in [9.17, 15) is 4.79 Å². The molecule has 0 radical (unpaired) electrons. The van der Waals surface area contributed by atoms with Crippen LogP contribution in [0.1, 0.15) is 37.8 Å². The molecular weight excluding hydrogens is 300 g/mol. The molecule has 1 saturated heterocycles. The molecule has 4 rings (SSSR count). The fourth-order valence-corrected chi connectivity index (χ4v) is 2.92. The van der Waals surface area contributed by atoms with Crippen molar-refractivity contribution < 1.29 is 9.53 Å². The van der Waals surface area contributed by atoms with Crippen LogP contribution in [0, 0.1) is 11.8 Å². The molecule has 4 nitrogen and oxygen atoms in total. The number of hydrogen-bond donors (Lipinski definition) is 0. The van der Waals surface area contributed by atoms with Crippen molar-refractivity contribution in [3.05, 3.63) is 59.8 Å². The highest BCUT2D eigenvalue weighted by Gasteiger charge is 2.50. The molecule has 122 valence electrons. The van der Waals surface area contributed by atoms with E-state index in [0.29, 0.717) is 12.4 Å². The number of rotatable bonds is 1. The summed E-state index contributed by atoms with van der Waals surface area (Å²) in [6.07, 6.45) is 4.44. The highest BCUT2D eigenvalue weighted by molar-refractivity contribution is 5.89. The van der Waals surface area contributed by atoms with E-state index in [-0.39, 0.29) is 19.1 Å². The first-order chi connectivity index (χ1) is 11.2. The third-order valence-electron chi connectivity index (χ3n) is 4.38. The molecule has 1 saturated carbocycles. The second-order valence-corrected chi connectivity index (χ2v) is 6.01. The van der Waals surface area contributed by atoms with Gasteiger partial charge in [-0.1, -0.05) is 37.5 Å². The molecule has 1 spiro atoms. The number of pyridine rings is 1. The maximum Gasteiger partial charge on any atom is 0.416 e. The average molecular weight is 320 g/mol. The first kappa shape index (κ1) is 16.1. The maximum absolute atomic E-state index is 12.0. The minimum Gasteiger partial charge on any atom is -0.441 e. The van der Waals surface area contributed by atoms with Crippen LogP contribution in [0.4, 0.5) is 10.6 Å². The Morgan fingerprint density at radius 1 is 1.04 bits per heavy atom. The maximum atomic E-state index is 12.0. The minimum atomic E-state index is -0.291. The second-order valence-electron chi connectivity index (χ2n) is 6.01. The van der Waals surface area contributed by atoms with E-state index < -0.39 is 0 Å². The monoisotopic (exact) mass is 320 g/mol. The number of hydrogen-bond acceptors (Lipinski definition) is 3. The second kappa shape index (κ2) is 6.37. The summed E-state index contributed by atoms with van der Waals surface area (Å²) in [6.45, 7) is 0.605. The van der Waals surface area contributed by atoms with Crippen molar-refractivity contribution in [2.24, 2.45) is 0 Å². The number of benzene rings is 1. The molecule has 1 amide bonds. The van der Waals surface area contributed by atoms with Crippen molar-refractivity contribution in [3.63, 3.8) is 0 Å². The summed E-state index contributed by atoms with van der Waals surface area (Å²) < 4.78 is 5.51. The first-order valence-corrected chi connectivity index (χ1v) is 7.78. The molecule has 1 aliphatic carbocycles. The standard InChI is InChI=1S/C19H16N2O2.CH4/c22-18-21(14-19(23-18)11-4-12-19)17-10-9-16(13-20-17)8-7-15-5-2-1-3-6-15;/h1-3,5-6,9-10,13H,4,11-12,14H2;1H4. The smallest absolute Gasteiger partial charge is 0.416 e. The number of nitrogens with zero attached hydrogens (tertiary/aromatic N) is 2. The Morgan fingerprint density at radius 3 is 2.38 bits per heavy atom. The van der Waals surface area contributed by atoms with Crippen molar-refractivity contribution in [2.45, 2.75) is 32.3 Å². The van der Waals surface area contributed by atoms with Crippen LogP contribution in [0.25, 0.3) is 0 Å². The highest BCUT2D eigenvalue weighted by Crippen LogP contribution is 2.41. The van der Waals surface area contributed by atoms with Crippen LogP contribution in [-0.4, -0.2) is 23.2 Å². The molecule has 2 fully saturated rings. The minimum absolute atomic E-state index is 0. The fourth-order valence-electron chi connectivity index (χ4n) is 2.92. The van der Waals surface area contributed by atoms with Gasteiger partial charge in [-0.15, -0.1) is 0 Å². The van der Waals surface area contributed by atoms with Crippen molar-refractivity contribution in [1.29, 1.82) is 0 Å². The number of carbonyl (C=O) groups is 1. The van der Waals surface area contributed by atoms with Gasteiger partial charge in [0.05, 0.1) is 6.54 Å². The van der Waals surface area contributed by atoms with E-state index in [1.54, 1.807) is 11.1 Å². The SMILES string of the molecule is C.O=C1OC2(CCC2)CN1c1ccc(C#Cc2ccccc2)cn1. The molecule has 0 bridgehead atoms. The summed E-state index contributed by atoms with van der Waals surface area (Å²) in [6, 6.07) is 13.5. The molecule has 2 aromatic rings. The predicted molar refractivity (Wildman–Crippen MR) is 93.8 cm³/mol. The van der Waals surface area contributed by atoms with E-state index in [4.69, 9.17) is 4.74 Å². The van der Waals surface area contributed by atoms with Crippen LogP contribution in [0.2, 0.25) is 0 Å². The zero-order chi connectivity index (χ0) is 15.7. The van der Waals surface area contributed by atoms with Gasteiger partial charge in [-0.25, -0.2) is 9.78 Å². The van der Waals surface area contributed by atoms with Gasteiger partial charge in [0.15, 0.2) is 0 Å². The van der Waals surface area contributed by atoms with Crippen LogP contribution in [-0.2, 0) is 4.74 Å². The number of aromatic nitrogens is 1. The van der Waals surface area contributed by atoms with E-state index >= 15 is 0 Å². The Labute approximate surface area is 142 Å². The molecule has 0 N–H and O–H groups in total. The molecular formula is C20H20N2O2. The molecule has 1 aromatic carbocycles. The number of carbonyl (C=O) groups excluding carboxylic acids is 1. The molecule has 1 aromatic heterocycles. The topological polar surface area (TPSA) is 42.4 Å². The lowest BCUT2D eigenvalue weighted by molar-refractivity contribution is -0.00650. The number of anilines is 1. The fraction of sp³-hybridized carbons (Fsp3) is 0.300. The summed E-state index contributed by atoms with van der Waals surface area (Å²) >= 11 is 0. The van der Waals surface area contributed by atoms with E-state index in [2.05, 4.69) is 16.8 Å². The largest absolute Gasteiger partial charge is 0.441 e. The Balaban J connectivity index is 0.00000169. The molecule has 24 heavy (non-hydrogen) atoms. The predicted octanol–water partition coefficient (Wildman–Crippen LogP) is 4.00. The van der Waals surface area contributed by atoms with E-state index in [1.165, 1.54) is 0 Å². The first-order valence-electron chi connectivity index (χ1n) is 7.78. The van der Waals surface area contributed by atoms with Crippen LogP contribution >= 0.6 is 0 Å². The van der Waals surface area contributed by atoms with Crippen molar-refractivity contribution in [1.82, 2.24) is 4.98 Å². The van der Waals surface area contributed by atoms with Crippen LogP contribution < -0.4 is 4.90 Å². The van der Waals surface area contributed by atoms with Gasteiger partial charge in [0.1, 0.15) is 11.4 Å². The molecule has 0 unspecified atom stereocenters. The lowest BCUT2D eigenvalue weighted by Gasteiger charge is -2.34. The average Bonchev–Trinajstić information content (AvgIpc) is 2.93. The van der Waals surface area contributed by atoms with Crippen LogP contribution in [0.5, 0.6) is 0 Å². The zero-order valence-electron chi connectivity index (χ0n) is 12.7. The molecule has 2 heterocycles. The van der Waals surface area contributed by atoms with Crippen molar-refractivity contribution in [2.75, 3.05) is 11.4 Å². The Kier molecular flexibility index (Phi) is 4.26. The summed E-state index contributed by atoms with van der Waals surface area (Å²) in [5.74, 6) is 6.80. The van der Waals surface area contributed by atoms with Crippen molar-refractivity contribution in [3.8, 4) is 11.8 Å². The lowest BCUT2D eigenvalue weighted by Crippen LogP contribution is -2.41. The van der Waals surface area contributed by atoms with Crippen LogP contribution in [0.3, 0.4) is 0 Å². The van der Waals surface area contributed by atoms with E-state index in [0.717, 1.165) is 30.4 Å². The number of amides is 1. The Morgan fingerprint density at radius 2 is 1.79 bits per heavy atom. The summed E-state index contributed by atoms with van der Waals surface area (Å²) in [5, 5.41) is 0. The van der Waals surface area contributed by atoms with Gasteiger partial charge >= 0.3 is 6.09 Å². The normalized spacial score (nSPS) is 17.3. The summed E-state index contributed by atoms with van der Waals surface area (Å²) in [4.78, 5) is 18.0. The van der Waals surface area contributed by atoms with Gasteiger partial charge in [-0.2, -0.15) is 0 Å². The van der Waals surface area contributed by atoms with Crippen molar-refractivity contribution >= 4 is 11.9 Å². The van der Waals surface area contributed by atoms with E-state index in [1.807, 2.05) is 42.5 Å².